The molecule has 1 aromatic rings. The number of benzene rings is 1. The molecule has 2 saturated heterocycles. The average molecular weight is 372 g/mol. The number of likely N-dealkylation sites (tertiary alicyclic amines) is 2. The minimum atomic E-state index is -0.478. The number of rotatable bonds is 4. The number of carbonyl (C=O) groups is 2. The van der Waals surface area contributed by atoms with E-state index in [0.717, 1.165) is 38.0 Å². The van der Waals surface area contributed by atoms with Crippen molar-refractivity contribution in [3.63, 3.8) is 0 Å². The van der Waals surface area contributed by atoms with E-state index in [4.69, 9.17) is 0 Å². The summed E-state index contributed by atoms with van der Waals surface area (Å²) in [6, 6.07) is 8.25. The quantitative estimate of drug-likeness (QED) is 0.828. The van der Waals surface area contributed by atoms with Crippen LogP contribution in [0.5, 0.6) is 0 Å². The molecule has 5 nitrogen and oxygen atoms in total. The molecular weight excluding hydrogens is 338 g/mol. The predicted molar refractivity (Wildman–Crippen MR) is 107 cm³/mol. The molecule has 0 saturated carbocycles. The Kier molecular flexibility index (Phi) is 7.27. The summed E-state index contributed by atoms with van der Waals surface area (Å²) in [6.45, 7) is 7.15. The highest BCUT2D eigenvalue weighted by molar-refractivity contribution is 6.34. The van der Waals surface area contributed by atoms with Gasteiger partial charge in [0.1, 0.15) is 0 Å². The zero-order chi connectivity index (χ0) is 19.1. The fourth-order valence-electron chi connectivity index (χ4n) is 4.19. The van der Waals surface area contributed by atoms with Crippen molar-refractivity contribution >= 4 is 11.8 Å². The summed E-state index contributed by atoms with van der Waals surface area (Å²) in [7, 11) is 0. The van der Waals surface area contributed by atoms with Crippen molar-refractivity contribution in [3.8, 4) is 0 Å². The second kappa shape index (κ2) is 9.88. The van der Waals surface area contributed by atoms with E-state index in [2.05, 4.69) is 35.3 Å². The lowest BCUT2D eigenvalue weighted by molar-refractivity contribution is -0.147. The molecular formula is C22H33N3O2. The maximum atomic E-state index is 12.4. The van der Waals surface area contributed by atoms with E-state index in [1.54, 1.807) is 4.90 Å². The van der Waals surface area contributed by atoms with Crippen LogP contribution in [0.4, 0.5) is 0 Å². The first kappa shape index (κ1) is 19.9. The van der Waals surface area contributed by atoms with Crippen molar-refractivity contribution in [2.75, 3.05) is 26.2 Å². The summed E-state index contributed by atoms with van der Waals surface area (Å²) in [5.74, 6) is -0.384. The molecule has 5 heteroatoms. The number of nitrogens with zero attached hydrogens (tertiary/aromatic N) is 2. The lowest BCUT2D eigenvalue weighted by atomic mass is 10.0. The van der Waals surface area contributed by atoms with Gasteiger partial charge in [-0.3, -0.25) is 14.5 Å². The van der Waals surface area contributed by atoms with E-state index in [9.17, 15) is 9.59 Å². The van der Waals surface area contributed by atoms with Gasteiger partial charge in [0.15, 0.2) is 0 Å². The van der Waals surface area contributed by atoms with Crippen LogP contribution >= 0.6 is 0 Å². The number of carbonyl (C=O) groups excluding carboxylic acids is 2. The van der Waals surface area contributed by atoms with Crippen LogP contribution in [0, 0.1) is 5.92 Å². The summed E-state index contributed by atoms with van der Waals surface area (Å²) in [4.78, 5) is 29.0. The first-order valence-electron chi connectivity index (χ1n) is 10.5. The van der Waals surface area contributed by atoms with E-state index < -0.39 is 5.91 Å². The van der Waals surface area contributed by atoms with Gasteiger partial charge in [0.25, 0.3) is 0 Å². The van der Waals surface area contributed by atoms with E-state index >= 15 is 0 Å². The van der Waals surface area contributed by atoms with E-state index in [-0.39, 0.29) is 5.91 Å². The maximum absolute atomic E-state index is 12.4. The molecule has 0 radical (unpaired) electrons. The summed E-state index contributed by atoms with van der Waals surface area (Å²) in [5, 5.41) is 2.85. The first-order chi connectivity index (χ1) is 13.1. The third kappa shape index (κ3) is 5.80. The van der Waals surface area contributed by atoms with Gasteiger partial charge in [0, 0.05) is 26.2 Å². The number of hydrogen-bond donors (Lipinski definition) is 1. The summed E-state index contributed by atoms with van der Waals surface area (Å²) in [5.41, 5.74) is 2.36. The summed E-state index contributed by atoms with van der Waals surface area (Å²) < 4.78 is 0. The molecule has 2 amide bonds. The highest BCUT2D eigenvalue weighted by atomic mass is 16.2. The van der Waals surface area contributed by atoms with Crippen LogP contribution in [0.25, 0.3) is 0 Å². The highest BCUT2D eigenvalue weighted by Crippen LogP contribution is 2.17. The number of amides is 2. The fraction of sp³-hybridized carbons (Fsp3) is 0.636. The fourth-order valence-corrected chi connectivity index (χ4v) is 4.19. The van der Waals surface area contributed by atoms with Crippen molar-refractivity contribution < 1.29 is 9.59 Å². The predicted octanol–water partition coefficient (Wildman–Crippen LogP) is 2.94. The zero-order valence-corrected chi connectivity index (χ0v) is 16.6. The maximum Gasteiger partial charge on any atom is 0.311 e. The van der Waals surface area contributed by atoms with Crippen LogP contribution < -0.4 is 5.32 Å². The highest BCUT2D eigenvalue weighted by Gasteiger charge is 2.26. The van der Waals surface area contributed by atoms with Gasteiger partial charge in [0.2, 0.25) is 0 Å². The molecule has 3 rings (SSSR count). The zero-order valence-electron chi connectivity index (χ0n) is 16.6. The second-order valence-electron chi connectivity index (χ2n) is 8.14. The molecule has 148 valence electrons. The molecule has 0 bridgehead atoms. The molecule has 2 aliphatic heterocycles. The summed E-state index contributed by atoms with van der Waals surface area (Å²) in [6.07, 6.45) is 7.30. The van der Waals surface area contributed by atoms with Crippen LogP contribution in [-0.2, 0) is 22.7 Å². The third-order valence-corrected chi connectivity index (χ3v) is 5.79. The topological polar surface area (TPSA) is 52.7 Å². The van der Waals surface area contributed by atoms with Crippen LogP contribution in [0.1, 0.15) is 56.6 Å². The smallest absolute Gasteiger partial charge is 0.311 e. The molecule has 1 aromatic carbocycles. The van der Waals surface area contributed by atoms with E-state index in [1.165, 1.54) is 31.2 Å². The molecule has 1 N–H and O–H groups in total. The first-order valence-corrected chi connectivity index (χ1v) is 10.5. The van der Waals surface area contributed by atoms with Gasteiger partial charge in [0.05, 0.1) is 0 Å². The Hall–Kier alpha value is -1.88. The molecule has 2 fully saturated rings. The van der Waals surface area contributed by atoms with Crippen LogP contribution in [0.2, 0.25) is 0 Å². The normalized spacial score (nSPS) is 21.5. The molecule has 27 heavy (non-hydrogen) atoms. The van der Waals surface area contributed by atoms with Gasteiger partial charge in [-0.2, -0.15) is 0 Å². The van der Waals surface area contributed by atoms with Crippen LogP contribution in [-0.4, -0.2) is 47.8 Å². The van der Waals surface area contributed by atoms with Crippen molar-refractivity contribution in [2.45, 2.75) is 58.5 Å². The molecule has 2 heterocycles. The largest absolute Gasteiger partial charge is 0.344 e. The average Bonchev–Trinajstić information content (AvgIpc) is 2.95. The Balaban J connectivity index is 1.55. The van der Waals surface area contributed by atoms with Crippen molar-refractivity contribution in [1.82, 2.24) is 15.1 Å². The van der Waals surface area contributed by atoms with Gasteiger partial charge >= 0.3 is 11.8 Å². The molecule has 0 unspecified atom stereocenters. The number of nitrogens with one attached hydrogen (secondary N) is 1. The standard InChI is InChI=1S/C22H33N3O2/c1-18-9-8-14-25(16-18)22(27)21(26)23-15-19-10-4-5-11-20(19)17-24-12-6-2-3-7-13-24/h4-5,10-11,18H,2-3,6-9,12-17H2,1H3,(H,23,26)/t18-/m1/s1. The molecule has 0 spiro atoms. The van der Waals surface area contributed by atoms with Crippen LogP contribution in [0.3, 0.4) is 0 Å². The van der Waals surface area contributed by atoms with Gasteiger partial charge in [-0.05, 0) is 55.8 Å². The molecule has 2 aliphatic rings. The summed E-state index contributed by atoms with van der Waals surface area (Å²) >= 11 is 0. The molecule has 1 atom stereocenters. The van der Waals surface area contributed by atoms with Crippen molar-refractivity contribution in [1.29, 1.82) is 0 Å². The third-order valence-electron chi connectivity index (χ3n) is 5.79. The minimum absolute atomic E-state index is 0.383. The number of piperidine rings is 1. The van der Waals surface area contributed by atoms with Crippen LogP contribution in [0.15, 0.2) is 24.3 Å². The lowest BCUT2D eigenvalue weighted by Gasteiger charge is -2.30. The second-order valence-corrected chi connectivity index (χ2v) is 8.14. The van der Waals surface area contributed by atoms with Gasteiger partial charge < -0.3 is 10.2 Å². The van der Waals surface area contributed by atoms with E-state index in [0.29, 0.717) is 25.6 Å². The molecule has 0 aromatic heterocycles. The van der Waals surface area contributed by atoms with Gasteiger partial charge in [-0.15, -0.1) is 0 Å². The molecule has 0 aliphatic carbocycles. The monoisotopic (exact) mass is 371 g/mol. The Morgan fingerprint density at radius 2 is 1.70 bits per heavy atom. The van der Waals surface area contributed by atoms with Crippen molar-refractivity contribution in [3.05, 3.63) is 35.4 Å². The Morgan fingerprint density at radius 1 is 1.00 bits per heavy atom. The minimum Gasteiger partial charge on any atom is -0.344 e. The SMILES string of the molecule is C[C@@H]1CCCN(C(=O)C(=O)NCc2ccccc2CN2CCCCCC2)C1. The van der Waals surface area contributed by atoms with Crippen molar-refractivity contribution in [2.24, 2.45) is 5.92 Å². The van der Waals surface area contributed by atoms with E-state index in [1.807, 2.05) is 6.07 Å². The lowest BCUT2D eigenvalue weighted by Crippen LogP contribution is -2.46. The Labute approximate surface area is 163 Å². The Bertz CT molecular complexity index is 638. The Morgan fingerprint density at radius 3 is 2.41 bits per heavy atom. The number of hydrogen-bond acceptors (Lipinski definition) is 3. The van der Waals surface area contributed by atoms with Gasteiger partial charge in [-0.25, -0.2) is 0 Å². The van der Waals surface area contributed by atoms with Gasteiger partial charge in [-0.1, -0.05) is 44.0 Å².